The van der Waals surface area contributed by atoms with Crippen LogP contribution in [0.2, 0.25) is 10.0 Å². The van der Waals surface area contributed by atoms with Gasteiger partial charge in [0.25, 0.3) is 0 Å². The Morgan fingerprint density at radius 3 is 2.43 bits per heavy atom. The molecule has 2 rings (SSSR count). The summed E-state index contributed by atoms with van der Waals surface area (Å²) in [6.07, 6.45) is 0.711. The van der Waals surface area contributed by atoms with Crippen LogP contribution in [0.1, 0.15) is 11.1 Å². The fourth-order valence-corrected chi connectivity index (χ4v) is 2.50. The van der Waals surface area contributed by atoms with Crippen molar-refractivity contribution in [2.75, 3.05) is 13.7 Å². The van der Waals surface area contributed by atoms with Gasteiger partial charge >= 0.3 is 0 Å². The number of halogens is 2. The van der Waals surface area contributed by atoms with Crippen LogP contribution in [0.3, 0.4) is 0 Å². The van der Waals surface area contributed by atoms with Crippen molar-refractivity contribution in [3.05, 3.63) is 57.6 Å². The van der Waals surface area contributed by atoms with Crippen molar-refractivity contribution in [1.82, 2.24) is 0 Å². The van der Waals surface area contributed by atoms with Crippen molar-refractivity contribution in [1.29, 1.82) is 0 Å². The third kappa shape index (κ3) is 4.03. The smallest absolute Gasteiger partial charge is 0.123 e. The Morgan fingerprint density at radius 1 is 1.10 bits per heavy atom. The van der Waals surface area contributed by atoms with Crippen LogP contribution in [0.4, 0.5) is 0 Å². The van der Waals surface area contributed by atoms with Gasteiger partial charge in [0.1, 0.15) is 18.1 Å². The lowest BCUT2D eigenvalue weighted by Crippen LogP contribution is -2.06. The van der Waals surface area contributed by atoms with E-state index in [-0.39, 0.29) is 0 Å². The first-order valence-corrected chi connectivity index (χ1v) is 7.34. The van der Waals surface area contributed by atoms with E-state index in [1.165, 1.54) is 0 Å². The zero-order chi connectivity index (χ0) is 15.2. The van der Waals surface area contributed by atoms with Crippen LogP contribution >= 0.6 is 23.2 Å². The highest BCUT2D eigenvalue weighted by molar-refractivity contribution is 6.35. The van der Waals surface area contributed by atoms with E-state index in [2.05, 4.69) is 0 Å². The van der Waals surface area contributed by atoms with E-state index < -0.39 is 0 Å². The molecule has 2 N–H and O–H groups in total. The SMILES string of the molecule is COc1ccc(OCc2c(Cl)cccc2Cl)c(CCN)c1. The first-order valence-electron chi connectivity index (χ1n) is 6.58. The summed E-state index contributed by atoms with van der Waals surface area (Å²) in [4.78, 5) is 0. The van der Waals surface area contributed by atoms with Crippen molar-refractivity contribution in [2.24, 2.45) is 5.73 Å². The summed E-state index contributed by atoms with van der Waals surface area (Å²) in [6, 6.07) is 11.0. The highest BCUT2D eigenvalue weighted by Gasteiger charge is 2.09. The summed E-state index contributed by atoms with van der Waals surface area (Å²) in [6.45, 7) is 0.846. The maximum Gasteiger partial charge on any atom is 0.123 e. The summed E-state index contributed by atoms with van der Waals surface area (Å²) in [5, 5.41) is 1.19. The molecule has 2 aromatic carbocycles. The van der Waals surface area contributed by atoms with E-state index in [0.29, 0.717) is 29.6 Å². The summed E-state index contributed by atoms with van der Waals surface area (Å²) in [7, 11) is 1.63. The van der Waals surface area contributed by atoms with E-state index in [0.717, 1.165) is 22.6 Å². The molecule has 0 spiro atoms. The van der Waals surface area contributed by atoms with Crippen molar-refractivity contribution >= 4 is 23.2 Å². The van der Waals surface area contributed by atoms with E-state index in [9.17, 15) is 0 Å². The minimum atomic E-state index is 0.308. The Labute approximate surface area is 134 Å². The molecule has 0 aromatic heterocycles. The maximum absolute atomic E-state index is 6.14. The third-order valence-electron chi connectivity index (χ3n) is 3.12. The monoisotopic (exact) mass is 325 g/mol. The number of rotatable bonds is 6. The number of hydrogen-bond donors (Lipinski definition) is 1. The molecule has 0 saturated heterocycles. The van der Waals surface area contributed by atoms with Gasteiger partial charge in [0, 0.05) is 15.6 Å². The van der Waals surface area contributed by atoms with Gasteiger partial charge in [-0.25, -0.2) is 0 Å². The molecule has 0 aliphatic rings. The molecule has 112 valence electrons. The van der Waals surface area contributed by atoms with Gasteiger partial charge in [0.2, 0.25) is 0 Å². The van der Waals surface area contributed by atoms with Gasteiger partial charge in [-0.05, 0) is 48.9 Å². The third-order valence-corrected chi connectivity index (χ3v) is 3.82. The first-order chi connectivity index (χ1) is 10.2. The van der Waals surface area contributed by atoms with Crippen LogP contribution in [-0.2, 0) is 13.0 Å². The molecule has 0 aliphatic carbocycles. The molecule has 0 amide bonds. The van der Waals surface area contributed by atoms with Gasteiger partial charge in [-0.1, -0.05) is 29.3 Å². The predicted octanol–water partition coefficient (Wildman–Crippen LogP) is 4.08. The summed E-state index contributed by atoms with van der Waals surface area (Å²) in [5.74, 6) is 1.54. The minimum Gasteiger partial charge on any atom is -0.497 e. The molecule has 21 heavy (non-hydrogen) atoms. The summed E-state index contributed by atoms with van der Waals surface area (Å²) in [5.41, 5.74) is 7.41. The number of nitrogens with two attached hydrogens (primary N) is 1. The highest BCUT2D eigenvalue weighted by Crippen LogP contribution is 2.29. The van der Waals surface area contributed by atoms with Crippen LogP contribution in [0.5, 0.6) is 11.5 Å². The van der Waals surface area contributed by atoms with Crippen LogP contribution in [-0.4, -0.2) is 13.7 Å². The standard InChI is InChI=1S/C16H17Cl2NO2/c1-20-12-5-6-16(11(9-12)7-8-19)21-10-13-14(17)3-2-4-15(13)18/h2-6,9H,7-8,10,19H2,1H3. The fraction of sp³-hybridized carbons (Fsp3) is 0.250. The van der Waals surface area contributed by atoms with E-state index >= 15 is 0 Å². The minimum absolute atomic E-state index is 0.308. The number of benzene rings is 2. The van der Waals surface area contributed by atoms with Gasteiger partial charge < -0.3 is 15.2 Å². The van der Waals surface area contributed by atoms with E-state index in [1.54, 1.807) is 25.3 Å². The van der Waals surface area contributed by atoms with Gasteiger partial charge in [-0.3, -0.25) is 0 Å². The number of methoxy groups -OCH3 is 1. The molecule has 3 nitrogen and oxygen atoms in total. The van der Waals surface area contributed by atoms with Gasteiger partial charge in [0.05, 0.1) is 7.11 Å². The second kappa shape index (κ2) is 7.55. The molecule has 0 fully saturated rings. The van der Waals surface area contributed by atoms with Crippen LogP contribution in [0.15, 0.2) is 36.4 Å². The zero-order valence-corrected chi connectivity index (χ0v) is 13.2. The van der Waals surface area contributed by atoms with Crippen LogP contribution < -0.4 is 15.2 Å². The Hall–Kier alpha value is -1.42. The average Bonchev–Trinajstić information content (AvgIpc) is 2.48. The van der Waals surface area contributed by atoms with Gasteiger partial charge in [-0.15, -0.1) is 0 Å². The van der Waals surface area contributed by atoms with Crippen molar-refractivity contribution in [2.45, 2.75) is 13.0 Å². The fourth-order valence-electron chi connectivity index (χ4n) is 1.99. The van der Waals surface area contributed by atoms with Gasteiger partial charge in [0.15, 0.2) is 0 Å². The Morgan fingerprint density at radius 2 is 1.81 bits per heavy atom. The predicted molar refractivity (Wildman–Crippen MR) is 86.5 cm³/mol. The molecule has 0 atom stereocenters. The lowest BCUT2D eigenvalue weighted by Gasteiger charge is -2.14. The topological polar surface area (TPSA) is 44.5 Å². The summed E-state index contributed by atoms with van der Waals surface area (Å²) < 4.78 is 11.1. The van der Waals surface area contributed by atoms with Crippen molar-refractivity contribution in [3.63, 3.8) is 0 Å². The first kappa shape index (κ1) is 16.0. The highest BCUT2D eigenvalue weighted by atomic mass is 35.5. The quantitative estimate of drug-likeness (QED) is 0.870. The van der Waals surface area contributed by atoms with Crippen molar-refractivity contribution < 1.29 is 9.47 Å². The Bertz CT molecular complexity index is 597. The van der Waals surface area contributed by atoms with Crippen molar-refractivity contribution in [3.8, 4) is 11.5 Å². The molecule has 0 saturated carbocycles. The van der Waals surface area contributed by atoms with E-state index in [1.807, 2.05) is 18.2 Å². The largest absolute Gasteiger partial charge is 0.497 e. The van der Waals surface area contributed by atoms with E-state index in [4.69, 9.17) is 38.4 Å². The van der Waals surface area contributed by atoms with Crippen LogP contribution in [0.25, 0.3) is 0 Å². The Balaban J connectivity index is 2.19. The second-order valence-electron chi connectivity index (χ2n) is 4.50. The summed E-state index contributed by atoms with van der Waals surface area (Å²) >= 11 is 12.3. The van der Waals surface area contributed by atoms with Crippen LogP contribution in [0, 0.1) is 0 Å². The maximum atomic E-state index is 6.14. The molecular formula is C16H17Cl2NO2. The van der Waals surface area contributed by atoms with Gasteiger partial charge in [-0.2, -0.15) is 0 Å². The molecule has 0 aliphatic heterocycles. The normalized spacial score (nSPS) is 10.5. The molecule has 0 radical (unpaired) electrons. The molecule has 2 aromatic rings. The molecule has 5 heteroatoms. The second-order valence-corrected chi connectivity index (χ2v) is 5.32. The molecule has 0 unspecified atom stereocenters. The molecule has 0 heterocycles. The lowest BCUT2D eigenvalue weighted by atomic mass is 10.1. The number of ether oxygens (including phenoxy) is 2. The zero-order valence-electron chi connectivity index (χ0n) is 11.7. The Kier molecular flexibility index (Phi) is 5.74. The average molecular weight is 326 g/mol. The molecule has 0 bridgehead atoms. The lowest BCUT2D eigenvalue weighted by molar-refractivity contribution is 0.302. The molecular weight excluding hydrogens is 309 g/mol. The number of hydrogen-bond acceptors (Lipinski definition) is 3.